The van der Waals surface area contributed by atoms with Gasteiger partial charge in [-0.25, -0.2) is 9.59 Å². The number of hydrogen-bond acceptors (Lipinski definition) is 4. The van der Waals surface area contributed by atoms with Crippen LogP contribution in [0.15, 0.2) is 30.3 Å². The highest BCUT2D eigenvalue weighted by Gasteiger charge is 2.33. The fourth-order valence-corrected chi connectivity index (χ4v) is 2.61. The van der Waals surface area contributed by atoms with Gasteiger partial charge in [-0.3, -0.25) is 0 Å². The van der Waals surface area contributed by atoms with Gasteiger partial charge >= 0.3 is 12.2 Å². The molecular formula is C17H24N2O5. The van der Waals surface area contributed by atoms with Gasteiger partial charge in [0.2, 0.25) is 0 Å². The van der Waals surface area contributed by atoms with Crippen LogP contribution >= 0.6 is 0 Å². The number of alkyl carbamates (subject to hydrolysis) is 1. The van der Waals surface area contributed by atoms with Crippen LogP contribution in [-0.2, 0) is 16.1 Å². The molecule has 2 rings (SSSR count). The summed E-state index contributed by atoms with van der Waals surface area (Å²) in [7, 11) is 0. The Morgan fingerprint density at radius 1 is 1.33 bits per heavy atom. The maximum atomic E-state index is 12.0. The van der Waals surface area contributed by atoms with Crippen LogP contribution in [0.2, 0.25) is 0 Å². The third kappa shape index (κ3) is 5.42. The van der Waals surface area contributed by atoms with Crippen molar-refractivity contribution >= 4 is 12.2 Å². The van der Waals surface area contributed by atoms with Crippen molar-refractivity contribution in [2.75, 3.05) is 19.7 Å². The molecule has 0 unspecified atom stereocenters. The maximum Gasteiger partial charge on any atom is 0.407 e. The second kappa shape index (κ2) is 9.12. The van der Waals surface area contributed by atoms with Crippen molar-refractivity contribution in [3.63, 3.8) is 0 Å². The summed E-state index contributed by atoms with van der Waals surface area (Å²) in [6.07, 6.45) is -0.516. The van der Waals surface area contributed by atoms with E-state index >= 15 is 0 Å². The molecule has 132 valence electrons. The van der Waals surface area contributed by atoms with Crippen molar-refractivity contribution in [1.29, 1.82) is 0 Å². The van der Waals surface area contributed by atoms with Crippen LogP contribution < -0.4 is 5.32 Å². The van der Waals surface area contributed by atoms with E-state index < -0.39 is 12.2 Å². The molecule has 1 aliphatic heterocycles. The lowest BCUT2D eigenvalue weighted by atomic mass is 10.0. The first kappa shape index (κ1) is 18.1. The van der Waals surface area contributed by atoms with Crippen LogP contribution in [-0.4, -0.2) is 54.0 Å². The molecule has 0 saturated carbocycles. The Morgan fingerprint density at radius 3 is 2.75 bits per heavy atom. The topological polar surface area (TPSA) is 88.1 Å². The molecule has 7 nitrogen and oxygen atoms in total. The molecule has 2 atom stereocenters. The van der Waals surface area contributed by atoms with Gasteiger partial charge in [0, 0.05) is 13.2 Å². The predicted molar refractivity (Wildman–Crippen MR) is 87.8 cm³/mol. The van der Waals surface area contributed by atoms with Crippen molar-refractivity contribution in [3.05, 3.63) is 35.9 Å². The minimum absolute atomic E-state index is 0.196. The first-order valence-electron chi connectivity index (χ1n) is 8.16. The van der Waals surface area contributed by atoms with Crippen molar-refractivity contribution in [2.24, 2.45) is 0 Å². The van der Waals surface area contributed by atoms with Crippen LogP contribution in [0.3, 0.4) is 0 Å². The van der Waals surface area contributed by atoms with Crippen LogP contribution in [0.1, 0.15) is 25.3 Å². The van der Waals surface area contributed by atoms with Gasteiger partial charge in [0.25, 0.3) is 0 Å². The number of amides is 2. The van der Waals surface area contributed by atoms with Gasteiger partial charge in [0.05, 0.1) is 18.7 Å². The summed E-state index contributed by atoms with van der Waals surface area (Å²) in [6, 6.07) is 9.17. The van der Waals surface area contributed by atoms with E-state index in [0.29, 0.717) is 19.6 Å². The highest BCUT2D eigenvalue weighted by Crippen LogP contribution is 2.15. The fourth-order valence-electron chi connectivity index (χ4n) is 2.61. The molecule has 0 aliphatic carbocycles. The number of rotatable bonds is 6. The minimum Gasteiger partial charge on any atom is -0.465 e. The lowest BCUT2D eigenvalue weighted by Crippen LogP contribution is -2.56. The molecule has 1 heterocycles. The third-order valence-electron chi connectivity index (χ3n) is 3.88. The van der Waals surface area contributed by atoms with Gasteiger partial charge in [0.15, 0.2) is 0 Å². The SMILES string of the molecule is CCCO[C@@H]1CN(C(=O)O)CC[C@@H]1NC(=O)OCc1ccccc1. The van der Waals surface area contributed by atoms with E-state index in [1.54, 1.807) is 0 Å². The minimum atomic E-state index is -0.967. The number of nitrogens with one attached hydrogen (secondary N) is 1. The Balaban J connectivity index is 1.85. The van der Waals surface area contributed by atoms with Crippen molar-refractivity contribution in [3.8, 4) is 0 Å². The van der Waals surface area contributed by atoms with Gasteiger partial charge in [-0.15, -0.1) is 0 Å². The monoisotopic (exact) mass is 336 g/mol. The highest BCUT2D eigenvalue weighted by molar-refractivity contribution is 5.68. The Morgan fingerprint density at radius 2 is 2.08 bits per heavy atom. The summed E-state index contributed by atoms with van der Waals surface area (Å²) in [5.41, 5.74) is 0.909. The van der Waals surface area contributed by atoms with Crippen molar-refractivity contribution in [1.82, 2.24) is 10.2 Å². The van der Waals surface area contributed by atoms with Crippen LogP contribution in [0.25, 0.3) is 0 Å². The van der Waals surface area contributed by atoms with E-state index in [4.69, 9.17) is 14.6 Å². The molecule has 2 N–H and O–H groups in total. The normalized spacial score (nSPS) is 20.5. The third-order valence-corrected chi connectivity index (χ3v) is 3.88. The molecule has 0 aromatic heterocycles. The summed E-state index contributed by atoms with van der Waals surface area (Å²) < 4.78 is 10.9. The Kier molecular flexibility index (Phi) is 6.87. The van der Waals surface area contributed by atoms with E-state index in [9.17, 15) is 9.59 Å². The molecule has 24 heavy (non-hydrogen) atoms. The van der Waals surface area contributed by atoms with Gasteiger partial charge in [-0.05, 0) is 18.4 Å². The first-order valence-corrected chi connectivity index (χ1v) is 8.16. The molecule has 7 heteroatoms. The molecule has 1 aromatic carbocycles. The van der Waals surface area contributed by atoms with Crippen LogP contribution in [0.5, 0.6) is 0 Å². The van der Waals surface area contributed by atoms with Crippen LogP contribution in [0.4, 0.5) is 9.59 Å². The summed E-state index contributed by atoms with van der Waals surface area (Å²) in [5, 5.41) is 11.9. The lowest BCUT2D eigenvalue weighted by Gasteiger charge is -2.37. The molecule has 1 aromatic rings. The highest BCUT2D eigenvalue weighted by atomic mass is 16.5. The number of likely N-dealkylation sites (tertiary alicyclic amines) is 1. The molecule has 0 bridgehead atoms. The zero-order valence-electron chi connectivity index (χ0n) is 13.8. The van der Waals surface area contributed by atoms with Gasteiger partial charge in [-0.1, -0.05) is 37.3 Å². The second-order valence-electron chi connectivity index (χ2n) is 5.74. The number of piperidine rings is 1. The zero-order chi connectivity index (χ0) is 17.4. The number of carbonyl (C=O) groups excluding carboxylic acids is 1. The molecule has 2 amide bonds. The Hall–Kier alpha value is -2.28. The molecule has 1 saturated heterocycles. The van der Waals surface area contributed by atoms with E-state index in [2.05, 4.69) is 5.32 Å². The quantitative estimate of drug-likeness (QED) is 0.833. The first-order chi connectivity index (χ1) is 11.6. The van der Waals surface area contributed by atoms with E-state index in [1.807, 2.05) is 37.3 Å². The summed E-state index contributed by atoms with van der Waals surface area (Å²) in [4.78, 5) is 24.4. The van der Waals surface area contributed by atoms with Gasteiger partial charge in [-0.2, -0.15) is 0 Å². The Labute approximate surface area is 141 Å². The van der Waals surface area contributed by atoms with Gasteiger partial charge in [0.1, 0.15) is 6.61 Å². The van der Waals surface area contributed by atoms with E-state index in [-0.39, 0.29) is 25.3 Å². The number of nitrogens with zero attached hydrogens (tertiary/aromatic N) is 1. The average Bonchev–Trinajstić information content (AvgIpc) is 2.59. The average molecular weight is 336 g/mol. The summed E-state index contributed by atoms with van der Waals surface area (Å²) in [5.74, 6) is 0. The second-order valence-corrected chi connectivity index (χ2v) is 5.74. The number of carboxylic acid groups (broad SMARTS) is 1. The van der Waals surface area contributed by atoms with Gasteiger partial charge < -0.3 is 24.8 Å². The smallest absolute Gasteiger partial charge is 0.407 e. The summed E-state index contributed by atoms with van der Waals surface area (Å²) in [6.45, 7) is 3.31. The molecule has 1 fully saturated rings. The molecular weight excluding hydrogens is 312 g/mol. The Bertz CT molecular complexity index is 537. The summed E-state index contributed by atoms with van der Waals surface area (Å²) >= 11 is 0. The van der Waals surface area contributed by atoms with E-state index in [0.717, 1.165) is 12.0 Å². The molecule has 1 aliphatic rings. The lowest BCUT2D eigenvalue weighted by molar-refractivity contribution is -0.0175. The molecule has 0 radical (unpaired) electrons. The number of carbonyl (C=O) groups is 2. The predicted octanol–water partition coefficient (Wildman–Crippen LogP) is 2.46. The standard InChI is InChI=1S/C17H24N2O5/c1-2-10-23-15-11-19(17(21)22)9-8-14(15)18-16(20)24-12-13-6-4-3-5-7-13/h3-7,14-15H,2,8-12H2,1H3,(H,18,20)(H,21,22)/t14-,15+/m0/s1. The number of benzene rings is 1. The van der Waals surface area contributed by atoms with E-state index in [1.165, 1.54) is 4.90 Å². The maximum absolute atomic E-state index is 12.0. The number of ether oxygens (including phenoxy) is 2. The largest absolute Gasteiger partial charge is 0.465 e. The zero-order valence-corrected chi connectivity index (χ0v) is 13.8. The fraction of sp³-hybridized carbons (Fsp3) is 0.529. The number of hydrogen-bond donors (Lipinski definition) is 2. The van der Waals surface area contributed by atoms with Crippen molar-refractivity contribution in [2.45, 2.75) is 38.5 Å². The molecule has 0 spiro atoms. The van der Waals surface area contributed by atoms with Crippen LogP contribution in [0, 0.1) is 0 Å². The van der Waals surface area contributed by atoms with Crippen molar-refractivity contribution < 1.29 is 24.2 Å².